The van der Waals surface area contributed by atoms with Crippen LogP contribution in [0.15, 0.2) is 63.8 Å². The summed E-state index contributed by atoms with van der Waals surface area (Å²) in [5, 5.41) is 1.02. The van der Waals surface area contributed by atoms with Crippen molar-refractivity contribution in [2.75, 3.05) is 14.2 Å². The Balaban J connectivity index is 1.74. The van der Waals surface area contributed by atoms with E-state index in [-0.39, 0.29) is 11.7 Å². The molecular formula is C27H22N2O4. The van der Waals surface area contributed by atoms with Crippen molar-refractivity contribution in [3.63, 3.8) is 0 Å². The standard InChI is InChI=1S/C27H22N2O4/c1-14-16-11-22(31-3)23(32-4)13-19(16)28-26-18-12-21-20(29(2)27(30)33-21)10-17(18)25(24(14)26)15-8-6-5-7-9-15/h5-13,25H,1-4H3. The molecule has 1 unspecified atom stereocenters. The van der Waals surface area contributed by atoms with Gasteiger partial charge in [0.25, 0.3) is 0 Å². The molecule has 6 heteroatoms. The van der Waals surface area contributed by atoms with Crippen molar-refractivity contribution in [1.82, 2.24) is 9.55 Å². The quantitative estimate of drug-likeness (QED) is 0.382. The van der Waals surface area contributed by atoms with Gasteiger partial charge in [-0.15, -0.1) is 0 Å². The van der Waals surface area contributed by atoms with Crippen molar-refractivity contribution in [2.45, 2.75) is 12.8 Å². The summed E-state index contributed by atoms with van der Waals surface area (Å²) in [6.45, 7) is 2.14. The first-order chi connectivity index (χ1) is 16.0. The van der Waals surface area contributed by atoms with E-state index in [2.05, 4.69) is 37.3 Å². The molecule has 33 heavy (non-hydrogen) atoms. The Hall–Kier alpha value is -4.06. The molecule has 0 fully saturated rings. The molecule has 5 aromatic rings. The van der Waals surface area contributed by atoms with E-state index in [1.807, 2.05) is 24.3 Å². The van der Waals surface area contributed by atoms with E-state index in [9.17, 15) is 4.79 Å². The number of fused-ring (bicyclic) bond motifs is 5. The van der Waals surface area contributed by atoms with Gasteiger partial charge in [-0.25, -0.2) is 9.78 Å². The number of methoxy groups -OCH3 is 2. The zero-order valence-electron chi connectivity index (χ0n) is 18.8. The van der Waals surface area contributed by atoms with Crippen LogP contribution in [0.5, 0.6) is 11.5 Å². The van der Waals surface area contributed by atoms with Gasteiger partial charge in [-0.1, -0.05) is 30.3 Å². The summed E-state index contributed by atoms with van der Waals surface area (Å²) < 4.78 is 18.1. The van der Waals surface area contributed by atoms with Gasteiger partial charge in [0.2, 0.25) is 0 Å². The van der Waals surface area contributed by atoms with Crippen molar-refractivity contribution in [1.29, 1.82) is 0 Å². The fourth-order valence-electron chi connectivity index (χ4n) is 5.10. The van der Waals surface area contributed by atoms with Gasteiger partial charge in [-0.2, -0.15) is 0 Å². The van der Waals surface area contributed by atoms with Crippen molar-refractivity contribution in [3.05, 3.63) is 87.4 Å². The lowest BCUT2D eigenvalue weighted by Gasteiger charge is -2.18. The number of hydrogen-bond acceptors (Lipinski definition) is 5. The Morgan fingerprint density at radius 1 is 1.00 bits per heavy atom. The molecule has 1 aliphatic carbocycles. The van der Waals surface area contributed by atoms with Gasteiger partial charge in [0.05, 0.1) is 30.9 Å². The molecular weight excluding hydrogens is 416 g/mol. The number of aromatic nitrogens is 2. The lowest BCUT2D eigenvalue weighted by Crippen LogP contribution is -2.08. The van der Waals surface area contributed by atoms with Gasteiger partial charge in [0, 0.05) is 30.0 Å². The number of nitrogens with zero attached hydrogens (tertiary/aromatic N) is 2. The Labute approximate surface area is 190 Å². The second-order valence-corrected chi connectivity index (χ2v) is 8.40. The van der Waals surface area contributed by atoms with Crippen LogP contribution >= 0.6 is 0 Å². The maximum absolute atomic E-state index is 12.2. The third-order valence-electron chi connectivity index (χ3n) is 6.75. The summed E-state index contributed by atoms with van der Waals surface area (Å²) in [6, 6.07) is 18.3. The van der Waals surface area contributed by atoms with Crippen LogP contribution in [0.1, 0.15) is 28.2 Å². The third-order valence-corrected chi connectivity index (χ3v) is 6.75. The number of aryl methyl sites for hydroxylation is 2. The van der Waals surface area contributed by atoms with E-state index in [0.29, 0.717) is 17.1 Å². The first kappa shape index (κ1) is 19.6. The Bertz CT molecular complexity index is 1630. The fourth-order valence-corrected chi connectivity index (χ4v) is 5.10. The number of benzene rings is 3. The molecule has 6 rings (SSSR count). The Kier molecular flexibility index (Phi) is 4.14. The summed E-state index contributed by atoms with van der Waals surface area (Å²) in [4.78, 5) is 17.3. The third kappa shape index (κ3) is 2.67. The van der Waals surface area contributed by atoms with Crippen LogP contribution in [-0.4, -0.2) is 23.8 Å². The number of rotatable bonds is 3. The minimum atomic E-state index is -0.371. The molecule has 0 saturated carbocycles. The normalized spacial score (nSPS) is 14.5. The van der Waals surface area contributed by atoms with E-state index < -0.39 is 0 Å². The number of oxazole rings is 1. The van der Waals surface area contributed by atoms with Gasteiger partial charge in [-0.05, 0) is 47.4 Å². The first-order valence-electron chi connectivity index (χ1n) is 10.8. The van der Waals surface area contributed by atoms with Crippen LogP contribution in [0.3, 0.4) is 0 Å². The predicted molar refractivity (Wildman–Crippen MR) is 127 cm³/mol. The van der Waals surface area contributed by atoms with Crippen molar-refractivity contribution in [2.24, 2.45) is 7.05 Å². The van der Waals surface area contributed by atoms with E-state index in [0.717, 1.165) is 44.4 Å². The van der Waals surface area contributed by atoms with E-state index in [1.165, 1.54) is 5.56 Å². The van der Waals surface area contributed by atoms with Crippen LogP contribution in [0.25, 0.3) is 33.3 Å². The molecule has 6 nitrogen and oxygen atoms in total. The largest absolute Gasteiger partial charge is 0.493 e. The molecule has 0 aliphatic heterocycles. The molecule has 1 atom stereocenters. The average Bonchev–Trinajstić information content (AvgIpc) is 3.31. The Morgan fingerprint density at radius 3 is 2.45 bits per heavy atom. The highest BCUT2D eigenvalue weighted by atomic mass is 16.5. The summed E-state index contributed by atoms with van der Waals surface area (Å²) in [5.41, 5.74) is 8.66. The van der Waals surface area contributed by atoms with Gasteiger partial charge in [0.1, 0.15) is 0 Å². The number of pyridine rings is 1. The lowest BCUT2D eigenvalue weighted by atomic mass is 9.86. The van der Waals surface area contributed by atoms with Gasteiger partial charge < -0.3 is 13.9 Å². The summed E-state index contributed by atoms with van der Waals surface area (Å²) in [7, 11) is 5.00. The lowest BCUT2D eigenvalue weighted by molar-refractivity contribution is 0.356. The average molecular weight is 438 g/mol. The molecule has 3 aromatic carbocycles. The number of hydrogen-bond donors (Lipinski definition) is 0. The van der Waals surface area contributed by atoms with Gasteiger partial charge in [0.15, 0.2) is 17.1 Å². The van der Waals surface area contributed by atoms with Crippen LogP contribution in [0.4, 0.5) is 0 Å². The van der Waals surface area contributed by atoms with Crippen molar-refractivity contribution in [3.8, 4) is 22.8 Å². The molecule has 0 bridgehead atoms. The van der Waals surface area contributed by atoms with Crippen LogP contribution < -0.4 is 15.2 Å². The predicted octanol–water partition coefficient (Wildman–Crippen LogP) is 5.17. The molecule has 0 radical (unpaired) electrons. The first-order valence-corrected chi connectivity index (χ1v) is 10.8. The second-order valence-electron chi connectivity index (χ2n) is 8.40. The van der Waals surface area contributed by atoms with E-state index in [1.54, 1.807) is 25.8 Å². The fraction of sp³-hybridized carbons (Fsp3) is 0.185. The van der Waals surface area contributed by atoms with E-state index in [4.69, 9.17) is 18.9 Å². The zero-order chi connectivity index (χ0) is 22.9. The Morgan fingerprint density at radius 2 is 1.73 bits per heavy atom. The minimum absolute atomic E-state index is 0.00408. The van der Waals surface area contributed by atoms with Crippen molar-refractivity contribution < 1.29 is 13.9 Å². The zero-order valence-corrected chi connectivity index (χ0v) is 18.8. The highest BCUT2D eigenvalue weighted by Crippen LogP contribution is 2.51. The van der Waals surface area contributed by atoms with Gasteiger partial charge >= 0.3 is 5.76 Å². The summed E-state index contributed by atoms with van der Waals surface area (Å²) in [6.07, 6.45) is 0. The molecule has 0 amide bonds. The SMILES string of the molecule is COc1cc2nc3c(c(C)c2cc1OC)C(c1ccccc1)c1cc2c(cc1-3)oc(=O)n2C. The maximum Gasteiger partial charge on any atom is 0.419 e. The molecule has 2 aromatic heterocycles. The van der Waals surface area contributed by atoms with Gasteiger partial charge in [-0.3, -0.25) is 4.57 Å². The smallest absolute Gasteiger partial charge is 0.419 e. The van der Waals surface area contributed by atoms with Crippen LogP contribution in [0.2, 0.25) is 0 Å². The van der Waals surface area contributed by atoms with E-state index >= 15 is 0 Å². The highest BCUT2D eigenvalue weighted by Gasteiger charge is 2.35. The molecule has 0 N–H and O–H groups in total. The minimum Gasteiger partial charge on any atom is -0.493 e. The molecule has 2 heterocycles. The van der Waals surface area contributed by atoms with Crippen molar-refractivity contribution >= 4 is 22.0 Å². The summed E-state index contributed by atoms with van der Waals surface area (Å²) in [5.74, 6) is 0.938. The molecule has 1 aliphatic rings. The number of ether oxygens (including phenoxy) is 2. The maximum atomic E-state index is 12.2. The second kappa shape index (κ2) is 6.97. The molecule has 164 valence electrons. The van der Waals surface area contributed by atoms with Crippen LogP contribution in [-0.2, 0) is 7.05 Å². The summed E-state index contributed by atoms with van der Waals surface area (Å²) >= 11 is 0. The monoisotopic (exact) mass is 438 g/mol. The molecule has 0 spiro atoms. The van der Waals surface area contributed by atoms with Crippen LogP contribution in [0, 0.1) is 6.92 Å². The molecule has 0 saturated heterocycles. The topological polar surface area (TPSA) is 66.5 Å². The highest BCUT2D eigenvalue weighted by molar-refractivity contribution is 5.95.